The van der Waals surface area contributed by atoms with E-state index in [-0.39, 0.29) is 11.8 Å². The molecular formula is C11H15N3O2S. The van der Waals surface area contributed by atoms with E-state index in [1.807, 2.05) is 0 Å². The molecule has 1 aliphatic rings. The molecule has 17 heavy (non-hydrogen) atoms. The van der Waals surface area contributed by atoms with Gasteiger partial charge in [0.2, 0.25) is 5.91 Å². The van der Waals surface area contributed by atoms with E-state index >= 15 is 0 Å². The predicted molar refractivity (Wildman–Crippen MR) is 64.9 cm³/mol. The molecule has 0 bridgehead atoms. The molecule has 0 atom stereocenters. The zero-order valence-electron chi connectivity index (χ0n) is 9.76. The van der Waals surface area contributed by atoms with Gasteiger partial charge in [0.25, 0.3) is 5.91 Å². The molecular weight excluding hydrogens is 238 g/mol. The van der Waals surface area contributed by atoms with E-state index in [9.17, 15) is 9.59 Å². The standard InChI is InChI=1S/C11H15N3O2S/c1-9(15)13-3-2-4-14(6-5-13)11(16)10-7-17-8-12-10/h7-8H,2-6H2,1H3. The Labute approximate surface area is 104 Å². The molecule has 1 saturated heterocycles. The van der Waals surface area contributed by atoms with Crippen LogP contribution in [0.2, 0.25) is 0 Å². The Bertz CT molecular complexity index is 405. The number of aromatic nitrogens is 1. The molecule has 0 spiro atoms. The Morgan fingerprint density at radius 2 is 1.94 bits per heavy atom. The number of thiazole rings is 1. The molecule has 2 heterocycles. The Hall–Kier alpha value is -1.43. The molecule has 0 N–H and O–H groups in total. The number of hydrogen-bond acceptors (Lipinski definition) is 4. The van der Waals surface area contributed by atoms with Crippen LogP contribution in [0.4, 0.5) is 0 Å². The van der Waals surface area contributed by atoms with E-state index in [1.54, 1.807) is 27.6 Å². The summed E-state index contributed by atoms with van der Waals surface area (Å²) < 4.78 is 0. The largest absolute Gasteiger partial charge is 0.341 e. The van der Waals surface area contributed by atoms with Gasteiger partial charge in [0, 0.05) is 38.5 Å². The zero-order valence-corrected chi connectivity index (χ0v) is 10.6. The van der Waals surface area contributed by atoms with Gasteiger partial charge in [0.15, 0.2) is 0 Å². The molecule has 1 aromatic rings. The van der Waals surface area contributed by atoms with Crippen molar-refractivity contribution in [1.82, 2.24) is 14.8 Å². The van der Waals surface area contributed by atoms with Crippen LogP contribution in [0.5, 0.6) is 0 Å². The van der Waals surface area contributed by atoms with Crippen LogP contribution in [-0.4, -0.2) is 52.8 Å². The third-order valence-corrected chi connectivity index (χ3v) is 3.47. The first-order valence-electron chi connectivity index (χ1n) is 5.61. The lowest BCUT2D eigenvalue weighted by Gasteiger charge is -2.20. The Balaban J connectivity index is 1.99. The molecule has 0 aliphatic carbocycles. The first-order valence-corrected chi connectivity index (χ1v) is 6.56. The van der Waals surface area contributed by atoms with Crippen molar-refractivity contribution < 1.29 is 9.59 Å². The van der Waals surface area contributed by atoms with Crippen LogP contribution in [0.15, 0.2) is 10.9 Å². The van der Waals surface area contributed by atoms with E-state index in [0.717, 1.165) is 13.0 Å². The van der Waals surface area contributed by atoms with Gasteiger partial charge >= 0.3 is 0 Å². The van der Waals surface area contributed by atoms with Gasteiger partial charge in [0.1, 0.15) is 5.69 Å². The summed E-state index contributed by atoms with van der Waals surface area (Å²) >= 11 is 1.42. The van der Waals surface area contributed by atoms with Crippen LogP contribution in [0.3, 0.4) is 0 Å². The number of hydrogen-bond donors (Lipinski definition) is 0. The molecule has 0 unspecified atom stereocenters. The van der Waals surface area contributed by atoms with Gasteiger partial charge in [-0.3, -0.25) is 9.59 Å². The number of nitrogens with zero attached hydrogens (tertiary/aromatic N) is 3. The van der Waals surface area contributed by atoms with E-state index in [4.69, 9.17) is 0 Å². The van der Waals surface area contributed by atoms with Gasteiger partial charge < -0.3 is 9.80 Å². The summed E-state index contributed by atoms with van der Waals surface area (Å²) in [5.74, 6) is 0.0459. The molecule has 1 aliphatic heterocycles. The number of rotatable bonds is 1. The van der Waals surface area contributed by atoms with E-state index in [0.29, 0.717) is 25.3 Å². The minimum Gasteiger partial charge on any atom is -0.341 e. The van der Waals surface area contributed by atoms with Crippen LogP contribution >= 0.6 is 11.3 Å². The van der Waals surface area contributed by atoms with Crippen LogP contribution in [0, 0.1) is 0 Å². The van der Waals surface area contributed by atoms with Crippen LogP contribution in [0.25, 0.3) is 0 Å². The lowest BCUT2D eigenvalue weighted by Crippen LogP contribution is -2.36. The highest BCUT2D eigenvalue weighted by Crippen LogP contribution is 2.09. The molecule has 5 nitrogen and oxygen atoms in total. The minimum absolute atomic E-state index is 0.0309. The third-order valence-electron chi connectivity index (χ3n) is 2.88. The molecule has 1 aromatic heterocycles. The molecule has 1 fully saturated rings. The van der Waals surface area contributed by atoms with Crippen LogP contribution in [-0.2, 0) is 4.79 Å². The highest BCUT2D eigenvalue weighted by Gasteiger charge is 2.22. The topological polar surface area (TPSA) is 53.5 Å². The summed E-state index contributed by atoms with van der Waals surface area (Å²) in [7, 11) is 0. The molecule has 0 aromatic carbocycles. The number of amides is 2. The zero-order chi connectivity index (χ0) is 12.3. The highest BCUT2D eigenvalue weighted by molar-refractivity contribution is 7.07. The van der Waals surface area contributed by atoms with Crippen molar-refractivity contribution in [2.24, 2.45) is 0 Å². The molecule has 0 radical (unpaired) electrons. The summed E-state index contributed by atoms with van der Waals surface area (Å²) in [6.07, 6.45) is 0.829. The van der Waals surface area contributed by atoms with Gasteiger partial charge in [-0.1, -0.05) is 0 Å². The van der Waals surface area contributed by atoms with Crippen molar-refractivity contribution in [3.8, 4) is 0 Å². The fourth-order valence-electron chi connectivity index (χ4n) is 1.92. The van der Waals surface area contributed by atoms with E-state index in [2.05, 4.69) is 4.98 Å². The fourth-order valence-corrected chi connectivity index (χ4v) is 2.44. The third kappa shape index (κ3) is 2.82. The van der Waals surface area contributed by atoms with Crippen molar-refractivity contribution in [2.75, 3.05) is 26.2 Å². The second-order valence-electron chi connectivity index (χ2n) is 4.03. The second-order valence-corrected chi connectivity index (χ2v) is 4.74. The van der Waals surface area contributed by atoms with Crippen molar-refractivity contribution in [2.45, 2.75) is 13.3 Å². The minimum atomic E-state index is -0.0309. The number of carbonyl (C=O) groups is 2. The maximum Gasteiger partial charge on any atom is 0.273 e. The molecule has 6 heteroatoms. The summed E-state index contributed by atoms with van der Waals surface area (Å²) in [5, 5.41) is 1.76. The van der Waals surface area contributed by atoms with Crippen molar-refractivity contribution >= 4 is 23.2 Å². The highest BCUT2D eigenvalue weighted by atomic mass is 32.1. The monoisotopic (exact) mass is 253 g/mol. The van der Waals surface area contributed by atoms with Gasteiger partial charge in [-0.15, -0.1) is 11.3 Å². The summed E-state index contributed by atoms with van der Waals surface area (Å²) in [4.78, 5) is 30.9. The van der Waals surface area contributed by atoms with Crippen molar-refractivity contribution in [3.63, 3.8) is 0 Å². The van der Waals surface area contributed by atoms with Crippen molar-refractivity contribution in [1.29, 1.82) is 0 Å². The maximum absolute atomic E-state index is 12.1. The second kappa shape index (κ2) is 5.27. The number of carbonyl (C=O) groups excluding carboxylic acids is 2. The Morgan fingerprint density at radius 1 is 1.24 bits per heavy atom. The quantitative estimate of drug-likeness (QED) is 0.745. The first-order chi connectivity index (χ1) is 8.18. The molecule has 0 saturated carbocycles. The van der Waals surface area contributed by atoms with Gasteiger partial charge in [-0.2, -0.15) is 0 Å². The molecule has 2 amide bonds. The summed E-state index contributed by atoms with van der Waals surface area (Å²) in [6, 6.07) is 0. The van der Waals surface area contributed by atoms with Crippen molar-refractivity contribution in [3.05, 3.63) is 16.6 Å². The van der Waals surface area contributed by atoms with Gasteiger partial charge in [-0.25, -0.2) is 4.98 Å². The average molecular weight is 253 g/mol. The first kappa shape index (κ1) is 12.0. The summed E-state index contributed by atoms with van der Waals surface area (Å²) in [5.41, 5.74) is 2.17. The van der Waals surface area contributed by atoms with E-state index < -0.39 is 0 Å². The predicted octanol–water partition coefficient (Wildman–Crippen LogP) is 0.837. The van der Waals surface area contributed by atoms with Crippen LogP contribution < -0.4 is 0 Å². The average Bonchev–Trinajstić information content (AvgIpc) is 2.71. The van der Waals surface area contributed by atoms with Gasteiger partial charge in [0.05, 0.1) is 5.51 Å². The summed E-state index contributed by atoms with van der Waals surface area (Å²) in [6.45, 7) is 4.20. The SMILES string of the molecule is CC(=O)N1CCCN(C(=O)c2cscn2)CC1. The molecule has 92 valence electrons. The van der Waals surface area contributed by atoms with Crippen LogP contribution in [0.1, 0.15) is 23.8 Å². The Kier molecular flexibility index (Phi) is 3.73. The smallest absolute Gasteiger partial charge is 0.273 e. The maximum atomic E-state index is 12.1. The molecule has 2 rings (SSSR count). The Morgan fingerprint density at radius 3 is 2.59 bits per heavy atom. The van der Waals surface area contributed by atoms with Gasteiger partial charge in [-0.05, 0) is 6.42 Å². The fraction of sp³-hybridized carbons (Fsp3) is 0.545. The lowest BCUT2D eigenvalue weighted by molar-refractivity contribution is -0.128. The lowest BCUT2D eigenvalue weighted by atomic mass is 10.3. The normalized spacial score (nSPS) is 16.8. The van der Waals surface area contributed by atoms with E-state index in [1.165, 1.54) is 11.3 Å².